The largest absolute Gasteiger partial charge is 0.490 e. The predicted octanol–water partition coefficient (Wildman–Crippen LogP) is 5.16. The normalized spacial score (nSPS) is 23.3. The number of ether oxygens (including phenoxy) is 2. The molecule has 4 amide bonds. The zero-order valence-corrected chi connectivity index (χ0v) is 31.4. The fourth-order valence-electron chi connectivity index (χ4n) is 8.16. The van der Waals surface area contributed by atoms with Crippen LogP contribution in [0.3, 0.4) is 0 Å². The van der Waals surface area contributed by atoms with Crippen LogP contribution in [0.25, 0.3) is 0 Å². The molecule has 5 heterocycles. The van der Waals surface area contributed by atoms with Gasteiger partial charge in [0.15, 0.2) is 5.82 Å². The smallest absolute Gasteiger partial charge is 0.272 e. The van der Waals surface area contributed by atoms with E-state index >= 15 is 0 Å². The van der Waals surface area contributed by atoms with Crippen LogP contribution in [0.15, 0.2) is 78.9 Å². The third-order valence-corrected chi connectivity index (χ3v) is 11.8. The molecule has 9 rings (SSSR count). The molecule has 1 saturated carbocycles. The van der Waals surface area contributed by atoms with Gasteiger partial charge in [-0.15, -0.1) is 10.2 Å². The number of hydrogen-bond acceptors (Lipinski definition) is 11. The van der Waals surface area contributed by atoms with Crippen molar-refractivity contribution in [1.82, 2.24) is 25.3 Å². The maximum Gasteiger partial charge on any atom is 0.272 e. The van der Waals surface area contributed by atoms with Gasteiger partial charge >= 0.3 is 0 Å². The first-order valence-corrected chi connectivity index (χ1v) is 19.2. The number of aromatic nitrogens is 2. The molecule has 0 bridgehead atoms. The lowest BCUT2D eigenvalue weighted by Crippen LogP contribution is -2.69. The van der Waals surface area contributed by atoms with Gasteiger partial charge < -0.3 is 19.7 Å². The second kappa shape index (κ2) is 13.9. The number of carbonyl (C=O) groups excluding carboxylic acids is 4. The van der Waals surface area contributed by atoms with E-state index in [9.17, 15) is 28.0 Å². The van der Waals surface area contributed by atoms with Crippen molar-refractivity contribution in [3.05, 3.63) is 101 Å². The Morgan fingerprint density at radius 3 is 2.12 bits per heavy atom. The number of carbonyl (C=O) groups is 4. The highest BCUT2D eigenvalue weighted by Crippen LogP contribution is 2.37. The van der Waals surface area contributed by atoms with E-state index in [2.05, 4.69) is 46.8 Å². The van der Waals surface area contributed by atoms with Crippen LogP contribution in [-0.4, -0.2) is 100.0 Å². The van der Waals surface area contributed by atoms with E-state index in [0.717, 1.165) is 34.6 Å². The van der Waals surface area contributed by atoms with E-state index in [0.29, 0.717) is 36.2 Å². The highest BCUT2D eigenvalue weighted by molar-refractivity contribution is 6.23. The summed E-state index contributed by atoms with van der Waals surface area (Å²) in [6, 6.07) is 23.9. The molecule has 2 N–H and O–H groups in total. The molecule has 0 radical (unpaired) electrons. The molecule has 0 spiro atoms. The number of alkyl halides is 2. The van der Waals surface area contributed by atoms with Crippen LogP contribution in [0.2, 0.25) is 0 Å². The standard InChI is InChI=1S/C42H41F2N7O6/c1-41(2,25-5-10-30(11-6-25)57-37-16-14-35(47-48-37)49-20-28(21-49)50-22-42(43,44)23-50)24-3-8-29(9-4-24)56-31-17-27(18-31)45-26-7-12-32-33(19-26)40(55)51(39(32)54)34-13-15-36(52)46-38(34)53/h3-12,14,16,19,27-28,31,34,45H,13,15,17-18,20-23H2,1-2H3,(H,46,52,53)/t27-,31-,34?. The molecular weight excluding hydrogens is 737 g/mol. The summed E-state index contributed by atoms with van der Waals surface area (Å²) < 4.78 is 38.6. The molecule has 1 atom stereocenters. The molecular formula is C42H41F2N7O6. The summed E-state index contributed by atoms with van der Waals surface area (Å²) in [5.74, 6) is -2.18. The molecule has 13 nitrogen and oxygen atoms in total. The summed E-state index contributed by atoms with van der Waals surface area (Å²) in [7, 11) is 0. The molecule has 3 aromatic carbocycles. The number of fused-ring (bicyclic) bond motifs is 1. The average Bonchev–Trinajstić information content (AvgIpc) is 3.38. The molecule has 4 aromatic rings. The third-order valence-electron chi connectivity index (χ3n) is 11.8. The summed E-state index contributed by atoms with van der Waals surface area (Å²) in [4.78, 5) is 54.9. The van der Waals surface area contributed by atoms with Gasteiger partial charge in [-0.1, -0.05) is 38.1 Å². The minimum atomic E-state index is -2.56. The number of rotatable bonds is 11. The van der Waals surface area contributed by atoms with Crippen LogP contribution in [0.5, 0.6) is 17.4 Å². The maximum absolute atomic E-state index is 13.2. The van der Waals surface area contributed by atoms with Crippen molar-refractivity contribution < 1.29 is 37.4 Å². The number of likely N-dealkylation sites (tertiary alicyclic amines) is 1. The van der Waals surface area contributed by atoms with E-state index < -0.39 is 35.6 Å². The first-order valence-electron chi connectivity index (χ1n) is 19.2. The number of imide groups is 2. The molecule has 15 heteroatoms. The lowest BCUT2D eigenvalue weighted by molar-refractivity contribution is -0.148. The van der Waals surface area contributed by atoms with Crippen LogP contribution in [0.1, 0.15) is 71.4 Å². The number of amides is 4. The molecule has 5 aliphatic rings. The van der Waals surface area contributed by atoms with E-state index in [4.69, 9.17) is 9.47 Å². The maximum atomic E-state index is 13.2. The lowest BCUT2D eigenvalue weighted by atomic mass is 9.78. The van der Waals surface area contributed by atoms with Crippen LogP contribution in [-0.2, 0) is 15.0 Å². The van der Waals surface area contributed by atoms with Crippen molar-refractivity contribution in [3.63, 3.8) is 0 Å². The Bertz CT molecular complexity index is 2230. The molecule has 3 saturated heterocycles. The van der Waals surface area contributed by atoms with Crippen molar-refractivity contribution in [2.75, 3.05) is 36.4 Å². The van der Waals surface area contributed by atoms with Crippen LogP contribution in [0.4, 0.5) is 20.3 Å². The number of nitrogens with zero attached hydrogens (tertiary/aromatic N) is 5. The van der Waals surface area contributed by atoms with Gasteiger partial charge in [-0.2, -0.15) is 0 Å². The molecule has 1 aliphatic carbocycles. The first-order chi connectivity index (χ1) is 27.3. The quantitative estimate of drug-likeness (QED) is 0.195. The fourth-order valence-corrected chi connectivity index (χ4v) is 8.16. The average molecular weight is 778 g/mol. The highest BCUT2D eigenvalue weighted by Gasteiger charge is 2.49. The zero-order chi connectivity index (χ0) is 39.6. The summed E-state index contributed by atoms with van der Waals surface area (Å²) in [5.41, 5.74) is 3.12. The van der Waals surface area contributed by atoms with Crippen molar-refractivity contribution >= 4 is 35.1 Å². The first kappa shape index (κ1) is 36.7. The summed E-state index contributed by atoms with van der Waals surface area (Å²) >= 11 is 0. The summed E-state index contributed by atoms with van der Waals surface area (Å²) in [5, 5.41) is 14.1. The number of halogens is 2. The third kappa shape index (κ3) is 7.04. The monoisotopic (exact) mass is 777 g/mol. The number of hydrogen-bond donors (Lipinski definition) is 2. The second-order valence-electron chi connectivity index (χ2n) is 16.1. The van der Waals surface area contributed by atoms with Gasteiger partial charge in [0.1, 0.15) is 23.6 Å². The topological polar surface area (TPSA) is 146 Å². The molecule has 1 aromatic heterocycles. The SMILES string of the molecule is CC(C)(c1ccc(Oc2ccc(N3CC(N4CC(F)(F)C4)C3)nn2)cc1)c1ccc(O[C@H]2C[C@H](Nc3ccc4c(c3)C(=O)N(C3CCC(=O)NC3=O)C4=O)C2)cc1. The Labute approximate surface area is 327 Å². The summed E-state index contributed by atoms with van der Waals surface area (Å²) in [6.07, 6.45) is 1.72. The van der Waals surface area contributed by atoms with Crippen molar-refractivity contribution in [2.45, 2.75) is 75.1 Å². The number of nitrogens with one attached hydrogen (secondary N) is 2. The van der Waals surface area contributed by atoms with Gasteiger partial charge in [0.2, 0.25) is 17.7 Å². The molecule has 57 heavy (non-hydrogen) atoms. The zero-order valence-electron chi connectivity index (χ0n) is 31.4. The van der Waals surface area contributed by atoms with Crippen molar-refractivity contribution in [3.8, 4) is 17.4 Å². The molecule has 1 unspecified atom stereocenters. The van der Waals surface area contributed by atoms with Crippen LogP contribution >= 0.6 is 0 Å². The van der Waals surface area contributed by atoms with E-state index in [1.807, 2.05) is 52.3 Å². The van der Waals surface area contributed by atoms with E-state index in [1.54, 1.807) is 24.3 Å². The minimum absolute atomic E-state index is 0.0204. The van der Waals surface area contributed by atoms with E-state index in [1.165, 1.54) is 0 Å². The Kier molecular flexibility index (Phi) is 8.94. The van der Waals surface area contributed by atoms with Gasteiger partial charge in [-0.05, 0) is 66.1 Å². The second-order valence-corrected chi connectivity index (χ2v) is 16.1. The van der Waals surface area contributed by atoms with Gasteiger partial charge in [0, 0.05) is 61.6 Å². The Hall–Kier alpha value is -5.96. The minimum Gasteiger partial charge on any atom is -0.490 e. The lowest BCUT2D eigenvalue weighted by Gasteiger charge is -2.51. The summed E-state index contributed by atoms with van der Waals surface area (Å²) in [6.45, 7) is 5.30. The van der Waals surface area contributed by atoms with Crippen LogP contribution < -0.4 is 25.0 Å². The van der Waals surface area contributed by atoms with Gasteiger partial charge in [0.25, 0.3) is 17.7 Å². The number of benzene rings is 3. The highest BCUT2D eigenvalue weighted by atomic mass is 19.3. The fraction of sp³-hybridized carbons (Fsp3) is 0.381. The van der Waals surface area contributed by atoms with Crippen LogP contribution in [0, 0.1) is 0 Å². The van der Waals surface area contributed by atoms with Gasteiger partial charge in [-0.25, -0.2) is 8.78 Å². The Morgan fingerprint density at radius 2 is 1.49 bits per heavy atom. The Morgan fingerprint density at radius 1 is 0.825 bits per heavy atom. The molecule has 4 aliphatic heterocycles. The molecule has 4 fully saturated rings. The number of piperidine rings is 1. The van der Waals surface area contributed by atoms with Crippen molar-refractivity contribution in [2.24, 2.45) is 0 Å². The Balaban J connectivity index is 0.739. The van der Waals surface area contributed by atoms with Gasteiger partial charge in [-0.3, -0.25) is 34.3 Å². The van der Waals surface area contributed by atoms with E-state index in [-0.39, 0.29) is 60.7 Å². The van der Waals surface area contributed by atoms with Gasteiger partial charge in [0.05, 0.1) is 24.2 Å². The van der Waals surface area contributed by atoms with Crippen molar-refractivity contribution in [1.29, 1.82) is 0 Å². The molecule has 294 valence electrons. The predicted molar refractivity (Wildman–Crippen MR) is 204 cm³/mol. The number of anilines is 2.